The van der Waals surface area contributed by atoms with Crippen LogP contribution in [0.5, 0.6) is 5.75 Å². The minimum atomic E-state index is -0.335. The summed E-state index contributed by atoms with van der Waals surface area (Å²) in [5.41, 5.74) is 1.09. The largest absolute Gasteiger partial charge is 0.496 e. The summed E-state index contributed by atoms with van der Waals surface area (Å²) in [6, 6.07) is 4.38. The summed E-state index contributed by atoms with van der Waals surface area (Å²) in [7, 11) is 1.55. The number of thiazole rings is 1. The van der Waals surface area contributed by atoms with Crippen LogP contribution in [0.3, 0.4) is 0 Å². The van der Waals surface area contributed by atoms with Crippen LogP contribution in [0, 0.1) is 11.2 Å². The minimum absolute atomic E-state index is 0.176. The molecule has 4 rings (SSSR count). The number of carbonyl (C=O) groups excluding carboxylic acids is 1. The number of hydrogen-bond donors (Lipinski definition) is 0. The quantitative estimate of drug-likeness (QED) is 0.817. The molecule has 1 aliphatic carbocycles. The average Bonchev–Trinajstić information content (AvgIpc) is 3.22. The molecule has 138 valence electrons. The third kappa shape index (κ3) is 3.21. The van der Waals surface area contributed by atoms with E-state index in [4.69, 9.17) is 9.47 Å². The number of ether oxygens (including phenoxy) is 2. The van der Waals surface area contributed by atoms with E-state index in [1.54, 1.807) is 13.2 Å². The van der Waals surface area contributed by atoms with Crippen molar-refractivity contribution in [2.45, 2.75) is 25.9 Å². The van der Waals surface area contributed by atoms with Crippen molar-refractivity contribution in [3.05, 3.63) is 34.4 Å². The Bertz CT molecular complexity index is 834. The fraction of sp³-hybridized carbons (Fsp3) is 0.474. The van der Waals surface area contributed by atoms with Crippen LogP contribution in [0.1, 0.15) is 30.9 Å². The molecule has 0 N–H and O–H groups in total. The minimum Gasteiger partial charge on any atom is -0.496 e. The Morgan fingerprint density at radius 2 is 2.27 bits per heavy atom. The Morgan fingerprint density at radius 1 is 1.46 bits per heavy atom. The standard InChI is InChI=1S/C19H21FN2O3S/c1-19(5-6-19)18(23)22-7-8-25-16(10-22)17-21-14(11-26-17)13-9-12(20)3-4-15(13)24-2/h3-4,9,11,16H,5-8,10H2,1-2H3/t16-/m1/s1. The van der Waals surface area contributed by atoms with Crippen molar-refractivity contribution in [1.82, 2.24) is 9.88 Å². The number of benzene rings is 1. The van der Waals surface area contributed by atoms with Gasteiger partial charge in [0.1, 0.15) is 22.7 Å². The Labute approximate surface area is 155 Å². The second-order valence-corrected chi connectivity index (χ2v) is 7.98. The third-order valence-electron chi connectivity index (χ3n) is 5.10. The summed E-state index contributed by atoms with van der Waals surface area (Å²) < 4.78 is 24.8. The molecule has 1 amide bonds. The average molecular weight is 376 g/mol. The summed E-state index contributed by atoms with van der Waals surface area (Å²) in [6.07, 6.45) is 1.69. The van der Waals surface area contributed by atoms with Crippen molar-refractivity contribution < 1.29 is 18.7 Å². The van der Waals surface area contributed by atoms with Crippen molar-refractivity contribution >= 4 is 17.2 Å². The summed E-state index contributed by atoms with van der Waals surface area (Å²) in [6.45, 7) is 3.67. The fourth-order valence-electron chi connectivity index (χ4n) is 3.21. The van der Waals surface area contributed by atoms with E-state index in [0.717, 1.165) is 17.8 Å². The van der Waals surface area contributed by atoms with Crippen LogP contribution in [-0.4, -0.2) is 42.6 Å². The first-order valence-electron chi connectivity index (χ1n) is 8.70. The van der Waals surface area contributed by atoms with Crippen molar-refractivity contribution in [1.29, 1.82) is 0 Å². The summed E-state index contributed by atoms with van der Waals surface area (Å²) in [5.74, 6) is 0.458. The molecule has 2 fully saturated rings. The van der Waals surface area contributed by atoms with Crippen LogP contribution in [0.25, 0.3) is 11.3 Å². The highest BCUT2D eigenvalue weighted by atomic mass is 32.1. The summed E-state index contributed by atoms with van der Waals surface area (Å²) in [4.78, 5) is 19.1. The molecule has 2 aliphatic rings. The lowest BCUT2D eigenvalue weighted by Gasteiger charge is -2.33. The van der Waals surface area contributed by atoms with E-state index in [-0.39, 0.29) is 23.2 Å². The number of amides is 1. The lowest BCUT2D eigenvalue weighted by Crippen LogP contribution is -2.45. The van der Waals surface area contributed by atoms with Gasteiger partial charge in [-0.15, -0.1) is 11.3 Å². The van der Waals surface area contributed by atoms with Gasteiger partial charge in [-0.1, -0.05) is 6.92 Å². The molecule has 1 aliphatic heterocycles. The van der Waals surface area contributed by atoms with Gasteiger partial charge in [0.05, 0.1) is 26.0 Å². The van der Waals surface area contributed by atoms with E-state index in [0.29, 0.717) is 36.7 Å². The number of halogens is 1. The molecule has 1 saturated carbocycles. The second-order valence-electron chi connectivity index (χ2n) is 7.09. The highest BCUT2D eigenvalue weighted by molar-refractivity contribution is 7.10. The molecule has 0 bridgehead atoms. The first kappa shape index (κ1) is 17.4. The number of hydrogen-bond acceptors (Lipinski definition) is 5. The molecular weight excluding hydrogens is 355 g/mol. The Morgan fingerprint density at radius 3 is 3.00 bits per heavy atom. The maximum Gasteiger partial charge on any atom is 0.228 e. The van der Waals surface area contributed by atoms with Gasteiger partial charge < -0.3 is 14.4 Å². The molecular formula is C19H21FN2O3S. The van der Waals surface area contributed by atoms with Gasteiger partial charge in [0.25, 0.3) is 0 Å². The first-order chi connectivity index (χ1) is 12.5. The van der Waals surface area contributed by atoms with E-state index in [2.05, 4.69) is 4.98 Å². The molecule has 26 heavy (non-hydrogen) atoms. The summed E-state index contributed by atoms with van der Waals surface area (Å²) in [5, 5.41) is 2.67. The number of aromatic nitrogens is 1. The number of morpholine rings is 1. The van der Waals surface area contributed by atoms with Crippen LogP contribution in [0.15, 0.2) is 23.6 Å². The second kappa shape index (κ2) is 6.63. The van der Waals surface area contributed by atoms with Crippen molar-refractivity contribution in [3.8, 4) is 17.0 Å². The fourth-order valence-corrected chi connectivity index (χ4v) is 4.06. The van der Waals surface area contributed by atoms with Gasteiger partial charge in [-0.3, -0.25) is 4.79 Å². The van der Waals surface area contributed by atoms with Gasteiger partial charge in [-0.05, 0) is 31.0 Å². The van der Waals surface area contributed by atoms with Gasteiger partial charge in [-0.2, -0.15) is 0 Å². The van der Waals surface area contributed by atoms with Crippen molar-refractivity contribution in [2.24, 2.45) is 5.41 Å². The van der Waals surface area contributed by atoms with E-state index in [1.165, 1.54) is 23.5 Å². The molecule has 2 heterocycles. The van der Waals surface area contributed by atoms with Crippen LogP contribution in [-0.2, 0) is 9.53 Å². The van der Waals surface area contributed by atoms with Gasteiger partial charge in [0.15, 0.2) is 0 Å². The number of carbonyl (C=O) groups is 1. The van der Waals surface area contributed by atoms with Crippen molar-refractivity contribution in [2.75, 3.05) is 26.8 Å². The zero-order chi connectivity index (χ0) is 18.3. The van der Waals surface area contributed by atoms with E-state index >= 15 is 0 Å². The van der Waals surface area contributed by atoms with Gasteiger partial charge >= 0.3 is 0 Å². The lowest BCUT2D eigenvalue weighted by molar-refractivity contribution is -0.144. The first-order valence-corrected chi connectivity index (χ1v) is 9.58. The monoisotopic (exact) mass is 376 g/mol. The number of methoxy groups -OCH3 is 1. The van der Waals surface area contributed by atoms with Crippen LogP contribution in [0.4, 0.5) is 4.39 Å². The molecule has 2 aromatic rings. The Kier molecular flexibility index (Phi) is 4.44. The molecule has 1 atom stereocenters. The molecule has 0 spiro atoms. The number of rotatable bonds is 4. The SMILES string of the molecule is COc1ccc(F)cc1-c1csc([C@H]2CN(C(=O)C3(C)CC3)CCO2)n1. The van der Waals surface area contributed by atoms with E-state index in [9.17, 15) is 9.18 Å². The lowest BCUT2D eigenvalue weighted by atomic mass is 10.1. The molecule has 1 saturated heterocycles. The molecule has 1 aromatic carbocycles. The van der Waals surface area contributed by atoms with Crippen LogP contribution in [0.2, 0.25) is 0 Å². The molecule has 0 radical (unpaired) electrons. The van der Waals surface area contributed by atoms with Crippen LogP contribution >= 0.6 is 11.3 Å². The van der Waals surface area contributed by atoms with Gasteiger partial charge in [0, 0.05) is 22.9 Å². The maximum absolute atomic E-state index is 13.6. The number of nitrogens with zero attached hydrogens (tertiary/aromatic N) is 2. The molecule has 1 aromatic heterocycles. The van der Waals surface area contributed by atoms with E-state index in [1.807, 2.05) is 17.2 Å². The Hall–Kier alpha value is -1.99. The van der Waals surface area contributed by atoms with E-state index < -0.39 is 0 Å². The normalized spacial score (nSPS) is 21.5. The maximum atomic E-state index is 13.6. The molecule has 0 unspecified atom stereocenters. The predicted molar refractivity (Wildman–Crippen MR) is 96.7 cm³/mol. The third-order valence-corrected chi connectivity index (χ3v) is 6.04. The Balaban J connectivity index is 1.54. The van der Waals surface area contributed by atoms with Crippen molar-refractivity contribution in [3.63, 3.8) is 0 Å². The van der Waals surface area contributed by atoms with Gasteiger partial charge in [-0.25, -0.2) is 9.37 Å². The summed E-state index contributed by atoms with van der Waals surface area (Å²) >= 11 is 1.46. The molecule has 7 heteroatoms. The van der Waals surface area contributed by atoms with Gasteiger partial charge in [0.2, 0.25) is 5.91 Å². The highest BCUT2D eigenvalue weighted by Crippen LogP contribution is 2.47. The smallest absolute Gasteiger partial charge is 0.228 e. The highest BCUT2D eigenvalue weighted by Gasteiger charge is 2.48. The topological polar surface area (TPSA) is 51.7 Å². The predicted octanol–water partition coefficient (Wildman–Crippen LogP) is 3.66. The zero-order valence-electron chi connectivity index (χ0n) is 14.8. The molecule has 5 nitrogen and oxygen atoms in total. The van der Waals surface area contributed by atoms with Crippen LogP contribution < -0.4 is 4.74 Å². The zero-order valence-corrected chi connectivity index (χ0v) is 15.6.